The van der Waals surface area contributed by atoms with Gasteiger partial charge in [-0.05, 0) is 25.1 Å². The SMILES string of the molecule is CCN(CC(C)C(=O)OC)C(=O)c1cc2ccccc2n1Cc1ccccc1F. The number of fused-ring (bicyclic) bond motifs is 1. The van der Waals surface area contributed by atoms with Gasteiger partial charge in [-0.25, -0.2) is 4.39 Å². The average Bonchev–Trinajstić information content (AvgIpc) is 3.10. The first-order valence-corrected chi connectivity index (χ1v) is 9.65. The van der Waals surface area contributed by atoms with Gasteiger partial charge in [-0.2, -0.15) is 0 Å². The van der Waals surface area contributed by atoms with E-state index in [0.717, 1.165) is 10.9 Å². The number of nitrogens with zero attached hydrogens (tertiary/aromatic N) is 2. The molecule has 0 radical (unpaired) electrons. The second-order valence-corrected chi connectivity index (χ2v) is 7.03. The maximum absolute atomic E-state index is 14.3. The highest BCUT2D eigenvalue weighted by Crippen LogP contribution is 2.23. The van der Waals surface area contributed by atoms with Gasteiger partial charge in [0.25, 0.3) is 5.91 Å². The summed E-state index contributed by atoms with van der Waals surface area (Å²) >= 11 is 0. The monoisotopic (exact) mass is 396 g/mol. The summed E-state index contributed by atoms with van der Waals surface area (Å²) in [5.74, 6) is -1.30. The number of carbonyl (C=O) groups excluding carboxylic acids is 2. The molecule has 1 amide bonds. The summed E-state index contributed by atoms with van der Waals surface area (Å²) in [6.45, 7) is 4.54. The fourth-order valence-corrected chi connectivity index (χ4v) is 3.48. The van der Waals surface area contributed by atoms with E-state index >= 15 is 0 Å². The number of rotatable bonds is 7. The van der Waals surface area contributed by atoms with Crippen molar-refractivity contribution in [3.05, 3.63) is 71.7 Å². The third-order valence-corrected chi connectivity index (χ3v) is 5.08. The molecule has 5 nitrogen and oxygen atoms in total. The summed E-state index contributed by atoms with van der Waals surface area (Å²) in [5.41, 5.74) is 1.83. The van der Waals surface area contributed by atoms with E-state index in [0.29, 0.717) is 17.8 Å². The number of para-hydroxylation sites is 1. The van der Waals surface area contributed by atoms with Gasteiger partial charge in [0, 0.05) is 29.6 Å². The standard InChI is InChI=1S/C23H25FN2O3/c1-4-25(14-16(2)23(28)29-3)22(27)21-13-17-9-6-8-12-20(17)26(21)15-18-10-5-7-11-19(18)24/h5-13,16H,4,14-15H2,1-3H3. The molecule has 0 aliphatic carbocycles. The fourth-order valence-electron chi connectivity index (χ4n) is 3.48. The number of halogens is 1. The normalized spacial score (nSPS) is 12.0. The van der Waals surface area contributed by atoms with E-state index in [4.69, 9.17) is 4.74 Å². The van der Waals surface area contributed by atoms with Crippen molar-refractivity contribution in [2.24, 2.45) is 5.92 Å². The number of esters is 1. The second kappa shape index (κ2) is 8.90. The van der Waals surface area contributed by atoms with Crippen LogP contribution in [-0.2, 0) is 16.1 Å². The van der Waals surface area contributed by atoms with Gasteiger partial charge < -0.3 is 14.2 Å². The summed E-state index contributed by atoms with van der Waals surface area (Å²) in [5, 5.41) is 0.907. The van der Waals surface area contributed by atoms with E-state index in [1.165, 1.54) is 13.2 Å². The van der Waals surface area contributed by atoms with E-state index in [2.05, 4.69) is 0 Å². The molecule has 0 bridgehead atoms. The molecule has 2 aromatic carbocycles. The smallest absolute Gasteiger partial charge is 0.310 e. The molecule has 0 saturated carbocycles. The zero-order chi connectivity index (χ0) is 21.0. The van der Waals surface area contributed by atoms with Gasteiger partial charge in [0.2, 0.25) is 0 Å². The molecule has 1 aromatic heterocycles. The molecule has 0 aliphatic heterocycles. The molecule has 1 atom stereocenters. The first kappa shape index (κ1) is 20.6. The van der Waals surface area contributed by atoms with Gasteiger partial charge in [-0.3, -0.25) is 9.59 Å². The minimum atomic E-state index is -0.437. The zero-order valence-corrected chi connectivity index (χ0v) is 16.9. The van der Waals surface area contributed by atoms with Gasteiger partial charge in [-0.1, -0.05) is 43.3 Å². The Morgan fingerprint density at radius 1 is 1.14 bits per heavy atom. The summed E-state index contributed by atoms with van der Waals surface area (Å²) in [6.07, 6.45) is 0. The van der Waals surface area contributed by atoms with E-state index in [1.807, 2.05) is 41.8 Å². The van der Waals surface area contributed by atoms with Crippen LogP contribution in [0.5, 0.6) is 0 Å². The number of carbonyl (C=O) groups is 2. The molecule has 0 N–H and O–H groups in total. The molecule has 29 heavy (non-hydrogen) atoms. The van der Waals surface area contributed by atoms with Crippen molar-refractivity contribution in [2.45, 2.75) is 20.4 Å². The summed E-state index contributed by atoms with van der Waals surface area (Å²) < 4.78 is 20.9. The number of amides is 1. The molecular weight excluding hydrogens is 371 g/mol. The summed E-state index contributed by atoms with van der Waals surface area (Å²) in [6, 6.07) is 16.0. The van der Waals surface area contributed by atoms with Crippen molar-refractivity contribution in [3.8, 4) is 0 Å². The molecule has 3 rings (SSSR count). The van der Waals surface area contributed by atoms with Crippen molar-refractivity contribution in [2.75, 3.05) is 20.2 Å². The van der Waals surface area contributed by atoms with Crippen LogP contribution in [0.3, 0.4) is 0 Å². The van der Waals surface area contributed by atoms with Crippen LogP contribution >= 0.6 is 0 Å². The number of hydrogen-bond donors (Lipinski definition) is 0. The Balaban J connectivity index is 2.00. The number of methoxy groups -OCH3 is 1. The molecule has 152 valence electrons. The highest BCUT2D eigenvalue weighted by molar-refractivity contribution is 5.99. The summed E-state index contributed by atoms with van der Waals surface area (Å²) in [7, 11) is 1.34. The number of hydrogen-bond acceptors (Lipinski definition) is 3. The van der Waals surface area contributed by atoms with Crippen molar-refractivity contribution in [1.29, 1.82) is 0 Å². The Bertz CT molecular complexity index is 1030. The Labute approximate surface area is 169 Å². The number of benzene rings is 2. The minimum absolute atomic E-state index is 0.198. The van der Waals surface area contributed by atoms with Crippen molar-refractivity contribution in [1.82, 2.24) is 9.47 Å². The Morgan fingerprint density at radius 3 is 2.52 bits per heavy atom. The van der Waals surface area contributed by atoms with Crippen molar-refractivity contribution in [3.63, 3.8) is 0 Å². The zero-order valence-electron chi connectivity index (χ0n) is 16.9. The van der Waals surface area contributed by atoms with Crippen molar-refractivity contribution < 1.29 is 18.7 Å². The van der Waals surface area contributed by atoms with Gasteiger partial charge in [0.05, 0.1) is 19.6 Å². The molecule has 6 heteroatoms. The fraction of sp³-hybridized carbons (Fsp3) is 0.304. The van der Waals surface area contributed by atoms with E-state index in [9.17, 15) is 14.0 Å². The van der Waals surface area contributed by atoms with Gasteiger partial charge in [-0.15, -0.1) is 0 Å². The first-order chi connectivity index (χ1) is 14.0. The highest BCUT2D eigenvalue weighted by Gasteiger charge is 2.25. The lowest BCUT2D eigenvalue weighted by Crippen LogP contribution is -2.38. The molecular formula is C23H25FN2O3. The largest absolute Gasteiger partial charge is 0.469 e. The van der Waals surface area contributed by atoms with Crippen LogP contribution in [0.4, 0.5) is 4.39 Å². The second-order valence-electron chi connectivity index (χ2n) is 7.03. The predicted molar refractivity (Wildman–Crippen MR) is 110 cm³/mol. The van der Waals surface area contributed by atoms with E-state index < -0.39 is 5.92 Å². The topological polar surface area (TPSA) is 51.5 Å². The third-order valence-electron chi connectivity index (χ3n) is 5.08. The van der Waals surface area contributed by atoms with Crippen LogP contribution in [0.25, 0.3) is 10.9 Å². The van der Waals surface area contributed by atoms with E-state index in [-0.39, 0.29) is 30.8 Å². The van der Waals surface area contributed by atoms with Crippen LogP contribution < -0.4 is 0 Å². The predicted octanol–water partition coefficient (Wildman–Crippen LogP) is 4.10. The lowest BCUT2D eigenvalue weighted by atomic mass is 10.1. The van der Waals surface area contributed by atoms with Crippen LogP contribution in [0.1, 0.15) is 29.9 Å². The lowest BCUT2D eigenvalue weighted by Gasteiger charge is -2.24. The molecule has 0 spiro atoms. The Kier molecular flexibility index (Phi) is 6.32. The van der Waals surface area contributed by atoms with Crippen LogP contribution in [0.15, 0.2) is 54.6 Å². The maximum Gasteiger partial charge on any atom is 0.310 e. The summed E-state index contributed by atoms with van der Waals surface area (Å²) in [4.78, 5) is 26.8. The average molecular weight is 396 g/mol. The quantitative estimate of drug-likeness (QED) is 0.565. The minimum Gasteiger partial charge on any atom is -0.469 e. The van der Waals surface area contributed by atoms with Crippen LogP contribution in [0, 0.1) is 11.7 Å². The molecule has 1 heterocycles. The van der Waals surface area contributed by atoms with E-state index in [1.54, 1.807) is 30.0 Å². The Morgan fingerprint density at radius 2 is 1.83 bits per heavy atom. The third kappa shape index (κ3) is 4.31. The first-order valence-electron chi connectivity index (χ1n) is 9.65. The Hall–Kier alpha value is -3.15. The maximum atomic E-state index is 14.3. The molecule has 1 unspecified atom stereocenters. The van der Waals surface area contributed by atoms with Crippen LogP contribution in [-0.4, -0.2) is 41.5 Å². The van der Waals surface area contributed by atoms with Crippen molar-refractivity contribution >= 4 is 22.8 Å². The molecule has 0 aliphatic rings. The number of aromatic nitrogens is 1. The molecule has 0 saturated heterocycles. The lowest BCUT2D eigenvalue weighted by molar-refractivity contribution is -0.145. The number of ether oxygens (including phenoxy) is 1. The van der Waals surface area contributed by atoms with Gasteiger partial charge in [0.1, 0.15) is 11.5 Å². The van der Waals surface area contributed by atoms with Gasteiger partial charge in [0.15, 0.2) is 0 Å². The van der Waals surface area contributed by atoms with Gasteiger partial charge >= 0.3 is 5.97 Å². The molecule has 3 aromatic rings. The van der Waals surface area contributed by atoms with Crippen LogP contribution in [0.2, 0.25) is 0 Å². The molecule has 0 fully saturated rings. The highest BCUT2D eigenvalue weighted by atomic mass is 19.1.